The summed E-state index contributed by atoms with van der Waals surface area (Å²) in [5.41, 5.74) is 0.937. The topological polar surface area (TPSA) is 0 Å². The summed E-state index contributed by atoms with van der Waals surface area (Å²) in [6, 6.07) is 14.8. The maximum Gasteiger partial charge on any atom is 0.194 e. The molecule has 0 aliphatic heterocycles. The summed E-state index contributed by atoms with van der Waals surface area (Å²) < 4.78 is 69.4. The third-order valence-corrected chi connectivity index (χ3v) is 4.68. The molecule has 4 aromatic rings. The highest BCUT2D eigenvalue weighted by Gasteiger charge is 2.19. The fraction of sp³-hybridized carbons (Fsp3) is 0.0435. The van der Waals surface area contributed by atoms with Gasteiger partial charge in [0.15, 0.2) is 29.1 Å². The molecule has 140 valence electrons. The van der Waals surface area contributed by atoms with Crippen LogP contribution in [-0.2, 0) is 0 Å². The Kier molecular flexibility index (Phi) is 4.38. The molecule has 0 N–H and O–H groups in total. The Hall–Kier alpha value is -3.21. The van der Waals surface area contributed by atoms with E-state index in [1.165, 1.54) is 12.1 Å². The molecule has 28 heavy (non-hydrogen) atoms. The lowest BCUT2D eigenvalue weighted by Crippen LogP contribution is -1.97. The van der Waals surface area contributed by atoms with Gasteiger partial charge in [-0.3, -0.25) is 0 Å². The van der Waals surface area contributed by atoms with Gasteiger partial charge in [0.1, 0.15) is 0 Å². The highest BCUT2D eigenvalue weighted by atomic mass is 19.2. The van der Waals surface area contributed by atoms with E-state index in [1.807, 2.05) is 31.2 Å². The molecule has 0 spiro atoms. The zero-order chi connectivity index (χ0) is 20.0. The Morgan fingerprint density at radius 2 is 1.04 bits per heavy atom. The van der Waals surface area contributed by atoms with Crippen molar-refractivity contribution in [3.8, 4) is 22.3 Å². The lowest BCUT2D eigenvalue weighted by atomic mass is 9.96. The van der Waals surface area contributed by atoms with Crippen molar-refractivity contribution < 1.29 is 22.0 Å². The molecule has 0 fully saturated rings. The van der Waals surface area contributed by atoms with Gasteiger partial charge in [0.2, 0.25) is 0 Å². The van der Waals surface area contributed by atoms with E-state index in [0.29, 0.717) is 17.7 Å². The van der Waals surface area contributed by atoms with Crippen molar-refractivity contribution in [1.29, 1.82) is 0 Å². The van der Waals surface area contributed by atoms with Crippen LogP contribution < -0.4 is 0 Å². The van der Waals surface area contributed by atoms with E-state index < -0.39 is 29.1 Å². The molecule has 0 saturated carbocycles. The lowest BCUT2D eigenvalue weighted by molar-refractivity contribution is 0.447. The molecule has 0 amide bonds. The second kappa shape index (κ2) is 6.75. The summed E-state index contributed by atoms with van der Waals surface area (Å²) in [7, 11) is 0. The largest absolute Gasteiger partial charge is 0.204 e. The Labute approximate surface area is 157 Å². The molecule has 0 unspecified atom stereocenters. The molecular formula is C23H13F5. The normalized spacial score (nSPS) is 11.2. The van der Waals surface area contributed by atoms with Crippen molar-refractivity contribution in [2.24, 2.45) is 0 Å². The molecule has 0 aliphatic rings. The van der Waals surface area contributed by atoms with Gasteiger partial charge in [-0.2, -0.15) is 0 Å². The molecule has 0 aliphatic carbocycles. The van der Waals surface area contributed by atoms with Crippen LogP contribution in [0.1, 0.15) is 5.56 Å². The van der Waals surface area contributed by atoms with Gasteiger partial charge in [0, 0.05) is 11.1 Å². The number of aryl methyl sites for hydroxylation is 1. The molecule has 0 aromatic heterocycles. The number of fused-ring (bicyclic) bond motifs is 1. The second-order valence-corrected chi connectivity index (χ2v) is 6.61. The highest BCUT2D eigenvalue weighted by molar-refractivity contribution is 5.88. The monoisotopic (exact) mass is 384 g/mol. The summed E-state index contributed by atoms with van der Waals surface area (Å²) in [6.45, 7) is 1.96. The van der Waals surface area contributed by atoms with E-state index in [4.69, 9.17) is 0 Å². The first-order valence-electron chi connectivity index (χ1n) is 8.49. The zero-order valence-corrected chi connectivity index (χ0v) is 14.7. The first-order valence-corrected chi connectivity index (χ1v) is 8.49. The number of hydrogen-bond acceptors (Lipinski definition) is 0. The van der Waals surface area contributed by atoms with E-state index >= 15 is 0 Å². The number of rotatable bonds is 2. The first kappa shape index (κ1) is 18.2. The van der Waals surface area contributed by atoms with Gasteiger partial charge >= 0.3 is 0 Å². The highest BCUT2D eigenvalue weighted by Crippen LogP contribution is 2.33. The Morgan fingerprint density at radius 1 is 0.500 bits per heavy atom. The van der Waals surface area contributed by atoms with Gasteiger partial charge < -0.3 is 0 Å². The quantitative estimate of drug-likeness (QED) is 0.254. The van der Waals surface area contributed by atoms with Gasteiger partial charge in [-0.15, -0.1) is 0 Å². The fourth-order valence-electron chi connectivity index (χ4n) is 3.24. The molecule has 0 radical (unpaired) electrons. The Morgan fingerprint density at radius 3 is 1.68 bits per heavy atom. The minimum atomic E-state index is -1.66. The zero-order valence-electron chi connectivity index (χ0n) is 14.7. The van der Waals surface area contributed by atoms with Crippen LogP contribution in [0, 0.1) is 36.0 Å². The molecule has 4 rings (SSSR count). The smallest absolute Gasteiger partial charge is 0.194 e. The van der Waals surface area contributed by atoms with Crippen molar-refractivity contribution in [3.63, 3.8) is 0 Å². The predicted octanol–water partition coefficient (Wildman–Crippen LogP) is 7.18. The Bertz CT molecular complexity index is 1200. The second-order valence-electron chi connectivity index (χ2n) is 6.61. The molecule has 0 heterocycles. The van der Waals surface area contributed by atoms with E-state index in [0.717, 1.165) is 16.3 Å². The van der Waals surface area contributed by atoms with Crippen LogP contribution >= 0.6 is 0 Å². The van der Waals surface area contributed by atoms with Crippen LogP contribution in [0.3, 0.4) is 0 Å². The number of benzene rings is 4. The van der Waals surface area contributed by atoms with Gasteiger partial charge in [-0.05, 0) is 47.0 Å². The summed E-state index contributed by atoms with van der Waals surface area (Å²) in [4.78, 5) is 0. The first-order chi connectivity index (χ1) is 13.3. The average Bonchev–Trinajstić information content (AvgIpc) is 2.67. The maximum absolute atomic E-state index is 14.7. The van der Waals surface area contributed by atoms with E-state index in [2.05, 4.69) is 0 Å². The molecular weight excluding hydrogens is 371 g/mol. The van der Waals surface area contributed by atoms with Crippen LogP contribution in [0.2, 0.25) is 0 Å². The third-order valence-electron chi connectivity index (χ3n) is 4.68. The predicted molar refractivity (Wildman–Crippen MR) is 99.3 cm³/mol. The molecule has 4 aromatic carbocycles. The van der Waals surface area contributed by atoms with Gasteiger partial charge in [-0.1, -0.05) is 48.0 Å². The standard InChI is InChI=1S/C23H13F5/c1-12-2-3-14-9-15(5-4-13(14)8-12)17-6-7-18(22(27)21(17)26)16-10-19(24)23(28)20(25)11-16/h2-11H,1H3. The molecule has 5 heteroatoms. The van der Waals surface area contributed by atoms with Crippen LogP contribution in [0.15, 0.2) is 60.7 Å². The van der Waals surface area contributed by atoms with Gasteiger partial charge in [-0.25, -0.2) is 22.0 Å². The summed E-state index contributed by atoms with van der Waals surface area (Å²) in [5, 5.41) is 1.84. The lowest BCUT2D eigenvalue weighted by Gasteiger charge is -2.11. The number of hydrogen-bond donors (Lipinski definition) is 0. The van der Waals surface area contributed by atoms with E-state index in [1.54, 1.807) is 12.1 Å². The van der Waals surface area contributed by atoms with E-state index in [-0.39, 0.29) is 16.7 Å². The van der Waals surface area contributed by atoms with Crippen molar-refractivity contribution in [2.75, 3.05) is 0 Å². The fourth-order valence-corrected chi connectivity index (χ4v) is 3.24. The SMILES string of the molecule is Cc1ccc2cc(-c3ccc(-c4cc(F)c(F)c(F)c4)c(F)c3F)ccc2c1. The van der Waals surface area contributed by atoms with Crippen LogP contribution in [0.5, 0.6) is 0 Å². The van der Waals surface area contributed by atoms with Crippen LogP contribution in [0.4, 0.5) is 22.0 Å². The number of halogens is 5. The van der Waals surface area contributed by atoms with Crippen molar-refractivity contribution in [2.45, 2.75) is 6.92 Å². The average molecular weight is 384 g/mol. The molecule has 0 nitrogen and oxygen atoms in total. The van der Waals surface area contributed by atoms with Crippen LogP contribution in [0.25, 0.3) is 33.0 Å². The summed E-state index contributed by atoms with van der Waals surface area (Å²) in [6.07, 6.45) is 0. The van der Waals surface area contributed by atoms with Crippen molar-refractivity contribution >= 4 is 10.8 Å². The molecule has 0 saturated heterocycles. The minimum absolute atomic E-state index is 0.0202. The summed E-state index contributed by atoms with van der Waals surface area (Å²) >= 11 is 0. The minimum Gasteiger partial charge on any atom is -0.204 e. The van der Waals surface area contributed by atoms with Gasteiger partial charge in [0.05, 0.1) is 0 Å². The molecule has 0 bridgehead atoms. The maximum atomic E-state index is 14.7. The van der Waals surface area contributed by atoms with Crippen molar-refractivity contribution in [3.05, 3.63) is 95.3 Å². The van der Waals surface area contributed by atoms with Gasteiger partial charge in [0.25, 0.3) is 0 Å². The third kappa shape index (κ3) is 3.03. The summed E-state index contributed by atoms with van der Waals surface area (Å²) in [5.74, 6) is -7.00. The Balaban J connectivity index is 1.83. The van der Waals surface area contributed by atoms with Crippen LogP contribution in [-0.4, -0.2) is 0 Å². The molecule has 0 atom stereocenters. The van der Waals surface area contributed by atoms with Crippen molar-refractivity contribution in [1.82, 2.24) is 0 Å². The van der Waals surface area contributed by atoms with E-state index in [9.17, 15) is 22.0 Å².